The van der Waals surface area contributed by atoms with Crippen molar-refractivity contribution in [2.45, 2.75) is 6.42 Å². The summed E-state index contributed by atoms with van der Waals surface area (Å²) in [5.74, 6) is 0.622. The van der Waals surface area contributed by atoms with E-state index in [1.54, 1.807) is 18.3 Å². The number of halogens is 3. The first-order valence-corrected chi connectivity index (χ1v) is 4.79. The summed E-state index contributed by atoms with van der Waals surface area (Å²) in [4.78, 5) is 7.31. The minimum absolute atomic E-state index is 0. The molecule has 94 valence electrons. The van der Waals surface area contributed by atoms with E-state index in [2.05, 4.69) is 9.97 Å². The highest BCUT2D eigenvalue weighted by atomic mass is 35.5. The molecule has 3 N–H and O–H groups in total. The topological polar surface area (TPSA) is 54.7 Å². The fourth-order valence-corrected chi connectivity index (χ4v) is 1.40. The number of hydrogen-bond acceptors (Lipinski definition) is 2. The predicted octanol–water partition coefficient (Wildman–Crippen LogP) is 2.56. The minimum Gasteiger partial charge on any atom is -0.342 e. The van der Waals surface area contributed by atoms with Crippen LogP contribution in [0.2, 0.25) is 0 Å². The molecule has 0 bridgehead atoms. The smallest absolute Gasteiger partial charge is 0.123 e. The molecule has 0 saturated heterocycles. The Morgan fingerprint density at radius 1 is 1.18 bits per heavy atom. The summed E-state index contributed by atoms with van der Waals surface area (Å²) < 4.78 is 12.7. The SMILES string of the molecule is Cl.Cl.NCCc1ncc(-c2ccc(F)cc2)[nH]1. The number of benzene rings is 1. The monoisotopic (exact) mass is 277 g/mol. The molecular formula is C11H14Cl2FN3. The third-order valence-corrected chi connectivity index (χ3v) is 2.16. The van der Waals surface area contributed by atoms with Gasteiger partial charge in [0, 0.05) is 6.42 Å². The van der Waals surface area contributed by atoms with E-state index in [1.807, 2.05) is 0 Å². The molecule has 0 saturated carbocycles. The normalized spacial score (nSPS) is 9.29. The molecule has 0 atom stereocenters. The molecule has 0 aliphatic heterocycles. The number of aromatic nitrogens is 2. The van der Waals surface area contributed by atoms with Gasteiger partial charge in [0.2, 0.25) is 0 Å². The van der Waals surface area contributed by atoms with E-state index in [1.165, 1.54) is 12.1 Å². The Hall–Kier alpha value is -1.10. The van der Waals surface area contributed by atoms with Crippen LogP contribution in [0.15, 0.2) is 30.5 Å². The first-order valence-electron chi connectivity index (χ1n) is 4.79. The molecule has 17 heavy (non-hydrogen) atoms. The third-order valence-electron chi connectivity index (χ3n) is 2.16. The molecule has 0 radical (unpaired) electrons. The lowest BCUT2D eigenvalue weighted by Crippen LogP contribution is -2.03. The highest BCUT2D eigenvalue weighted by molar-refractivity contribution is 5.85. The molecular weight excluding hydrogens is 264 g/mol. The van der Waals surface area contributed by atoms with Crippen LogP contribution in [0.4, 0.5) is 4.39 Å². The number of nitrogens with zero attached hydrogens (tertiary/aromatic N) is 1. The summed E-state index contributed by atoms with van der Waals surface area (Å²) in [5.41, 5.74) is 7.23. The van der Waals surface area contributed by atoms with Crippen LogP contribution in [0, 0.1) is 5.82 Å². The van der Waals surface area contributed by atoms with Crippen molar-refractivity contribution >= 4 is 24.8 Å². The number of H-pyrrole nitrogens is 1. The second kappa shape index (κ2) is 7.27. The van der Waals surface area contributed by atoms with E-state index >= 15 is 0 Å². The van der Waals surface area contributed by atoms with Crippen LogP contribution >= 0.6 is 24.8 Å². The van der Waals surface area contributed by atoms with Crippen molar-refractivity contribution in [1.82, 2.24) is 9.97 Å². The summed E-state index contributed by atoms with van der Waals surface area (Å²) in [7, 11) is 0. The number of hydrogen-bond donors (Lipinski definition) is 2. The lowest BCUT2D eigenvalue weighted by atomic mass is 10.2. The number of rotatable bonds is 3. The first-order chi connectivity index (χ1) is 7.29. The summed E-state index contributed by atoms with van der Waals surface area (Å²) >= 11 is 0. The zero-order chi connectivity index (χ0) is 10.7. The van der Waals surface area contributed by atoms with E-state index < -0.39 is 0 Å². The van der Waals surface area contributed by atoms with E-state index in [4.69, 9.17) is 5.73 Å². The number of nitrogens with one attached hydrogen (secondary N) is 1. The predicted molar refractivity (Wildman–Crippen MR) is 71.2 cm³/mol. The maximum atomic E-state index is 12.7. The van der Waals surface area contributed by atoms with Crippen LogP contribution < -0.4 is 5.73 Å². The van der Waals surface area contributed by atoms with Gasteiger partial charge in [0.25, 0.3) is 0 Å². The molecule has 1 heterocycles. The average Bonchev–Trinajstić information content (AvgIpc) is 2.68. The van der Waals surface area contributed by atoms with Crippen LogP contribution in [0.5, 0.6) is 0 Å². The second-order valence-electron chi connectivity index (χ2n) is 3.29. The van der Waals surface area contributed by atoms with E-state index in [0.717, 1.165) is 23.5 Å². The van der Waals surface area contributed by atoms with Crippen molar-refractivity contribution in [2.24, 2.45) is 5.73 Å². The van der Waals surface area contributed by atoms with Crippen molar-refractivity contribution in [3.8, 4) is 11.3 Å². The van der Waals surface area contributed by atoms with Crippen molar-refractivity contribution in [3.05, 3.63) is 42.1 Å². The first kappa shape index (κ1) is 15.9. The van der Waals surface area contributed by atoms with Gasteiger partial charge in [-0.25, -0.2) is 9.37 Å². The minimum atomic E-state index is -0.236. The lowest BCUT2D eigenvalue weighted by molar-refractivity contribution is 0.628. The van der Waals surface area contributed by atoms with Gasteiger partial charge in [-0.3, -0.25) is 0 Å². The van der Waals surface area contributed by atoms with Gasteiger partial charge in [0.15, 0.2) is 0 Å². The van der Waals surface area contributed by atoms with Crippen molar-refractivity contribution in [3.63, 3.8) is 0 Å². The lowest BCUT2D eigenvalue weighted by Gasteiger charge is -1.96. The molecule has 0 amide bonds. The molecule has 2 rings (SSSR count). The molecule has 1 aromatic heterocycles. The van der Waals surface area contributed by atoms with Gasteiger partial charge in [0.1, 0.15) is 11.6 Å². The maximum Gasteiger partial charge on any atom is 0.123 e. The fourth-order valence-electron chi connectivity index (χ4n) is 1.40. The summed E-state index contributed by atoms with van der Waals surface area (Å²) in [6.45, 7) is 0.566. The number of nitrogens with two attached hydrogens (primary N) is 1. The van der Waals surface area contributed by atoms with E-state index in [-0.39, 0.29) is 30.6 Å². The maximum absolute atomic E-state index is 12.7. The molecule has 3 nitrogen and oxygen atoms in total. The van der Waals surface area contributed by atoms with Crippen LogP contribution in [0.1, 0.15) is 5.82 Å². The highest BCUT2D eigenvalue weighted by Gasteiger charge is 2.02. The zero-order valence-electron chi connectivity index (χ0n) is 9.02. The molecule has 6 heteroatoms. The Morgan fingerprint density at radius 2 is 1.82 bits per heavy atom. The van der Waals surface area contributed by atoms with Gasteiger partial charge in [-0.2, -0.15) is 0 Å². The largest absolute Gasteiger partial charge is 0.342 e. The Kier molecular flexibility index (Phi) is 6.80. The number of imidazole rings is 1. The van der Waals surface area contributed by atoms with Gasteiger partial charge in [-0.15, -0.1) is 24.8 Å². The molecule has 0 fully saturated rings. The second-order valence-corrected chi connectivity index (χ2v) is 3.29. The van der Waals surface area contributed by atoms with Crippen molar-refractivity contribution in [2.75, 3.05) is 6.54 Å². The van der Waals surface area contributed by atoms with Gasteiger partial charge in [-0.05, 0) is 36.4 Å². The summed E-state index contributed by atoms with van der Waals surface area (Å²) in [6, 6.07) is 6.29. The summed E-state index contributed by atoms with van der Waals surface area (Å²) in [6.07, 6.45) is 2.46. The van der Waals surface area contributed by atoms with Crippen LogP contribution in [0.25, 0.3) is 11.3 Å². The number of aromatic amines is 1. The van der Waals surface area contributed by atoms with Gasteiger partial charge >= 0.3 is 0 Å². The Bertz CT molecular complexity index is 442. The third kappa shape index (κ3) is 4.00. The van der Waals surface area contributed by atoms with Gasteiger partial charge in [-0.1, -0.05) is 0 Å². The average molecular weight is 278 g/mol. The fraction of sp³-hybridized carbons (Fsp3) is 0.182. The van der Waals surface area contributed by atoms with E-state index in [9.17, 15) is 4.39 Å². The van der Waals surface area contributed by atoms with Crippen LogP contribution in [0.3, 0.4) is 0 Å². The van der Waals surface area contributed by atoms with Gasteiger partial charge in [0.05, 0.1) is 11.9 Å². The van der Waals surface area contributed by atoms with Crippen LogP contribution in [-0.2, 0) is 6.42 Å². The quantitative estimate of drug-likeness (QED) is 0.906. The zero-order valence-corrected chi connectivity index (χ0v) is 10.7. The Morgan fingerprint density at radius 3 is 2.41 bits per heavy atom. The van der Waals surface area contributed by atoms with Gasteiger partial charge < -0.3 is 10.7 Å². The molecule has 0 aliphatic carbocycles. The van der Waals surface area contributed by atoms with E-state index in [0.29, 0.717) is 6.54 Å². The molecule has 0 aliphatic rings. The Labute approximate surface area is 111 Å². The van der Waals surface area contributed by atoms with Crippen molar-refractivity contribution in [1.29, 1.82) is 0 Å². The van der Waals surface area contributed by atoms with Crippen molar-refractivity contribution < 1.29 is 4.39 Å². The molecule has 0 spiro atoms. The standard InChI is InChI=1S/C11H12FN3.2ClH/c12-9-3-1-8(2-4-9)10-7-14-11(15-10)5-6-13;;/h1-4,7H,5-6,13H2,(H,14,15);2*1H. The summed E-state index contributed by atoms with van der Waals surface area (Å²) in [5, 5.41) is 0. The highest BCUT2D eigenvalue weighted by Crippen LogP contribution is 2.17. The van der Waals surface area contributed by atoms with Crippen LogP contribution in [-0.4, -0.2) is 16.5 Å². The molecule has 0 unspecified atom stereocenters. The molecule has 1 aromatic carbocycles. The molecule has 2 aromatic rings. The Balaban J connectivity index is 0.00000128.